The van der Waals surface area contributed by atoms with E-state index >= 15 is 0 Å². The molecular formula is C20H19N3O3S. The molecule has 1 aliphatic heterocycles. The molecule has 6 nitrogen and oxygen atoms in total. The number of nitrogens with zero attached hydrogens (tertiary/aromatic N) is 2. The van der Waals surface area contributed by atoms with Crippen LogP contribution in [-0.4, -0.2) is 28.9 Å². The third kappa shape index (κ3) is 2.84. The molecule has 7 heteroatoms. The van der Waals surface area contributed by atoms with Crippen molar-refractivity contribution in [3.8, 4) is 5.75 Å². The lowest BCUT2D eigenvalue weighted by atomic mass is 9.99. The number of hydrogen-bond donors (Lipinski definition) is 1. The Bertz CT molecular complexity index is 1060. The maximum atomic E-state index is 13.0. The monoisotopic (exact) mass is 381 g/mol. The van der Waals surface area contributed by atoms with Crippen LogP contribution in [0, 0.1) is 6.92 Å². The predicted molar refractivity (Wildman–Crippen MR) is 106 cm³/mol. The Morgan fingerprint density at radius 3 is 2.85 bits per heavy atom. The van der Waals surface area contributed by atoms with Crippen LogP contribution in [0.3, 0.4) is 0 Å². The van der Waals surface area contributed by atoms with E-state index in [1.165, 1.54) is 6.92 Å². The van der Waals surface area contributed by atoms with Gasteiger partial charge >= 0.3 is 0 Å². The lowest BCUT2D eigenvalue weighted by Gasteiger charge is -2.39. The van der Waals surface area contributed by atoms with E-state index in [-0.39, 0.29) is 5.91 Å². The van der Waals surface area contributed by atoms with Gasteiger partial charge in [-0.1, -0.05) is 12.1 Å². The first-order valence-corrected chi connectivity index (χ1v) is 9.52. The van der Waals surface area contributed by atoms with Crippen molar-refractivity contribution in [3.63, 3.8) is 0 Å². The highest BCUT2D eigenvalue weighted by Crippen LogP contribution is 2.38. The number of rotatable bonds is 3. The van der Waals surface area contributed by atoms with Gasteiger partial charge in [0.15, 0.2) is 0 Å². The second-order valence-electron chi connectivity index (χ2n) is 6.52. The number of aryl methyl sites for hydroxylation is 1. The van der Waals surface area contributed by atoms with Crippen LogP contribution in [0.5, 0.6) is 5.75 Å². The minimum atomic E-state index is -1.64. The minimum Gasteiger partial charge on any atom is -0.465 e. The van der Waals surface area contributed by atoms with E-state index in [1.54, 1.807) is 28.4 Å². The number of ether oxygens (including phenoxy) is 1. The Morgan fingerprint density at radius 1 is 1.30 bits per heavy atom. The van der Waals surface area contributed by atoms with Gasteiger partial charge in [-0.05, 0) is 51.1 Å². The van der Waals surface area contributed by atoms with Crippen molar-refractivity contribution < 1.29 is 14.3 Å². The van der Waals surface area contributed by atoms with Gasteiger partial charge in [0.1, 0.15) is 5.75 Å². The Kier molecular flexibility index (Phi) is 4.11. The molecule has 1 unspecified atom stereocenters. The van der Waals surface area contributed by atoms with Crippen LogP contribution in [0.2, 0.25) is 0 Å². The molecule has 2 heterocycles. The number of benzene rings is 2. The summed E-state index contributed by atoms with van der Waals surface area (Å²) in [5, 5.41) is 3.79. The van der Waals surface area contributed by atoms with Gasteiger partial charge < -0.3 is 15.0 Å². The number of fused-ring (bicyclic) bond motifs is 2. The van der Waals surface area contributed by atoms with Gasteiger partial charge in [-0.25, -0.2) is 4.98 Å². The van der Waals surface area contributed by atoms with Crippen LogP contribution < -0.4 is 15.0 Å². The number of amides is 2. The van der Waals surface area contributed by atoms with Crippen LogP contribution in [-0.2, 0) is 9.59 Å². The Balaban J connectivity index is 1.66. The normalized spacial score (nSPS) is 18.9. The molecule has 1 aliphatic rings. The van der Waals surface area contributed by atoms with E-state index in [9.17, 15) is 9.59 Å². The van der Waals surface area contributed by atoms with Gasteiger partial charge in [0.05, 0.1) is 20.9 Å². The molecule has 27 heavy (non-hydrogen) atoms. The van der Waals surface area contributed by atoms with E-state index < -0.39 is 11.5 Å². The number of aromatic nitrogens is 1. The maximum absolute atomic E-state index is 13.0. The summed E-state index contributed by atoms with van der Waals surface area (Å²) in [7, 11) is 0. The number of likely N-dealkylation sites (N-methyl/N-ethyl adjacent to an activating group) is 1. The van der Waals surface area contributed by atoms with Gasteiger partial charge in [0, 0.05) is 12.2 Å². The lowest BCUT2D eigenvalue weighted by molar-refractivity contribution is -0.145. The molecule has 0 radical (unpaired) electrons. The van der Waals surface area contributed by atoms with Crippen molar-refractivity contribution in [1.82, 2.24) is 4.98 Å². The highest BCUT2D eigenvalue weighted by molar-refractivity contribution is 7.18. The molecule has 0 fully saturated rings. The first kappa shape index (κ1) is 17.5. The second-order valence-corrected chi connectivity index (χ2v) is 7.76. The first-order chi connectivity index (χ1) is 12.9. The van der Waals surface area contributed by atoms with E-state index in [1.807, 2.05) is 44.2 Å². The summed E-state index contributed by atoms with van der Waals surface area (Å²) in [6.45, 7) is 5.78. The Morgan fingerprint density at radius 2 is 2.07 bits per heavy atom. The molecule has 0 spiro atoms. The number of thiazole rings is 1. The van der Waals surface area contributed by atoms with Crippen LogP contribution >= 0.6 is 11.3 Å². The van der Waals surface area contributed by atoms with E-state index in [2.05, 4.69) is 10.3 Å². The molecule has 138 valence electrons. The van der Waals surface area contributed by atoms with E-state index in [0.717, 1.165) is 15.2 Å². The molecule has 0 aliphatic carbocycles. The minimum absolute atomic E-state index is 0.379. The smallest absolute Gasteiger partial charge is 0.280 e. The molecule has 0 saturated heterocycles. The van der Waals surface area contributed by atoms with Crippen molar-refractivity contribution in [2.75, 3.05) is 16.8 Å². The quantitative estimate of drug-likeness (QED) is 0.702. The van der Waals surface area contributed by atoms with Crippen LogP contribution in [0.15, 0.2) is 42.5 Å². The third-order valence-corrected chi connectivity index (χ3v) is 5.56. The first-order valence-electron chi connectivity index (χ1n) is 8.71. The molecule has 0 saturated carbocycles. The van der Waals surface area contributed by atoms with Crippen LogP contribution in [0.4, 0.5) is 11.4 Å². The molecule has 0 bridgehead atoms. The zero-order valence-corrected chi connectivity index (χ0v) is 16.1. The Labute approximate surface area is 160 Å². The molecule has 2 aromatic carbocycles. The molecule has 1 atom stereocenters. The zero-order chi connectivity index (χ0) is 19.2. The number of anilines is 2. The second kappa shape index (κ2) is 6.35. The average Bonchev–Trinajstić information content (AvgIpc) is 3.02. The maximum Gasteiger partial charge on any atom is 0.280 e. The fraction of sp³-hybridized carbons (Fsp3) is 0.250. The number of hydrogen-bond acceptors (Lipinski definition) is 5. The lowest BCUT2D eigenvalue weighted by Crippen LogP contribution is -2.60. The largest absolute Gasteiger partial charge is 0.465 e. The highest BCUT2D eigenvalue weighted by Gasteiger charge is 2.50. The number of carbonyl (C=O) groups excluding carboxylic acids is 2. The van der Waals surface area contributed by atoms with Crippen molar-refractivity contribution in [3.05, 3.63) is 47.5 Å². The standard InChI is InChI=1S/C20H19N3O3S/c1-4-23-15-7-5-6-8-16(15)26-20(3,19(23)25)18(24)22-13-9-10-14-17(11-13)27-12(2)21-14/h5-11H,4H2,1-3H3,(H,22,24). The summed E-state index contributed by atoms with van der Waals surface area (Å²) in [6.07, 6.45) is 0. The molecule has 4 rings (SSSR count). The van der Waals surface area contributed by atoms with E-state index in [4.69, 9.17) is 4.74 Å². The van der Waals surface area contributed by atoms with Crippen LogP contribution in [0.25, 0.3) is 10.2 Å². The fourth-order valence-electron chi connectivity index (χ4n) is 3.22. The van der Waals surface area contributed by atoms with Gasteiger partial charge in [0.2, 0.25) is 0 Å². The molecule has 1 N–H and O–H groups in total. The summed E-state index contributed by atoms with van der Waals surface area (Å²) in [4.78, 5) is 32.0. The summed E-state index contributed by atoms with van der Waals surface area (Å²) < 4.78 is 6.85. The highest BCUT2D eigenvalue weighted by atomic mass is 32.1. The third-order valence-electron chi connectivity index (χ3n) is 4.63. The SMILES string of the molecule is CCN1C(=O)C(C)(C(=O)Nc2ccc3nc(C)sc3c2)Oc2ccccc21. The topological polar surface area (TPSA) is 71.5 Å². The molecular weight excluding hydrogens is 362 g/mol. The van der Waals surface area contributed by atoms with Crippen molar-refractivity contribution in [1.29, 1.82) is 0 Å². The van der Waals surface area contributed by atoms with Crippen molar-refractivity contribution >= 4 is 44.7 Å². The Hall–Kier alpha value is -2.93. The number of para-hydroxylation sites is 2. The molecule has 2 amide bonds. The number of nitrogens with one attached hydrogen (secondary N) is 1. The van der Waals surface area contributed by atoms with Gasteiger partial charge in [-0.3, -0.25) is 9.59 Å². The van der Waals surface area contributed by atoms with Crippen LogP contribution in [0.1, 0.15) is 18.9 Å². The summed E-state index contributed by atoms with van der Waals surface area (Å²) in [5.41, 5.74) is 0.536. The summed E-state index contributed by atoms with van der Waals surface area (Å²) in [5.74, 6) is -0.359. The van der Waals surface area contributed by atoms with Gasteiger partial charge in [-0.15, -0.1) is 11.3 Å². The van der Waals surface area contributed by atoms with Crippen molar-refractivity contribution in [2.24, 2.45) is 0 Å². The van der Waals surface area contributed by atoms with E-state index in [0.29, 0.717) is 23.7 Å². The predicted octanol–water partition coefficient (Wildman–Crippen LogP) is 3.75. The fourth-order valence-corrected chi connectivity index (χ4v) is 4.09. The molecule has 1 aromatic heterocycles. The van der Waals surface area contributed by atoms with Crippen molar-refractivity contribution in [2.45, 2.75) is 26.4 Å². The van der Waals surface area contributed by atoms with Gasteiger partial charge in [0.25, 0.3) is 17.4 Å². The average molecular weight is 381 g/mol. The summed E-state index contributed by atoms with van der Waals surface area (Å²) >= 11 is 1.55. The summed E-state index contributed by atoms with van der Waals surface area (Å²) in [6, 6.07) is 12.7. The van der Waals surface area contributed by atoms with Gasteiger partial charge in [-0.2, -0.15) is 0 Å². The number of carbonyl (C=O) groups is 2. The zero-order valence-electron chi connectivity index (χ0n) is 15.3. The molecule has 3 aromatic rings.